The molecule has 3 N–H and O–H groups in total. The number of rotatable bonds is 7. The molecule has 0 fully saturated rings. The van der Waals surface area contributed by atoms with E-state index in [1.165, 1.54) is 7.11 Å². The normalized spacial score (nSPS) is 11.7. The van der Waals surface area contributed by atoms with Crippen LogP contribution in [0.3, 0.4) is 0 Å². The summed E-state index contributed by atoms with van der Waals surface area (Å²) in [5.74, 6) is 0.317. The van der Waals surface area contributed by atoms with Crippen LogP contribution < -0.4 is 10.5 Å². The van der Waals surface area contributed by atoms with Crippen LogP contribution in [0.25, 0.3) is 11.1 Å². The fourth-order valence-corrected chi connectivity index (χ4v) is 2.68. The second-order valence-electron chi connectivity index (χ2n) is 7.26. The molecule has 2 aromatic rings. The number of ether oxygens (including phenoxy) is 3. The maximum absolute atomic E-state index is 11.8. The van der Waals surface area contributed by atoms with Gasteiger partial charge in [0.25, 0.3) is 0 Å². The number of pyridine rings is 1. The summed E-state index contributed by atoms with van der Waals surface area (Å²) in [7, 11) is 1.36. The third-order valence-electron chi connectivity index (χ3n) is 4.37. The zero-order valence-corrected chi connectivity index (χ0v) is 18.0. The van der Waals surface area contributed by atoms with Crippen molar-refractivity contribution in [3.63, 3.8) is 0 Å². The van der Waals surface area contributed by atoms with Crippen molar-refractivity contribution in [1.82, 2.24) is 4.98 Å². The van der Waals surface area contributed by atoms with E-state index in [2.05, 4.69) is 9.98 Å². The Labute approximate surface area is 176 Å². The van der Waals surface area contributed by atoms with Crippen LogP contribution >= 0.6 is 0 Å². The highest BCUT2D eigenvalue weighted by Gasteiger charge is 2.30. The Kier molecular flexibility index (Phi) is 7.52. The Balaban J connectivity index is 2.13. The van der Waals surface area contributed by atoms with Crippen LogP contribution in [-0.2, 0) is 14.3 Å². The van der Waals surface area contributed by atoms with Gasteiger partial charge in [0.1, 0.15) is 12.4 Å². The first kappa shape index (κ1) is 22.9. The minimum absolute atomic E-state index is 0.162. The third kappa shape index (κ3) is 5.79. The van der Waals surface area contributed by atoms with Gasteiger partial charge in [-0.25, -0.2) is 10.4 Å². The first-order valence-corrected chi connectivity index (χ1v) is 9.53. The average molecular weight is 412 g/mol. The molecular formula is C22H28N4O4. The molecule has 0 bridgehead atoms. The monoisotopic (exact) mass is 412 g/mol. The molecule has 1 heterocycles. The van der Waals surface area contributed by atoms with Crippen LogP contribution in [0, 0.1) is 17.7 Å². The molecule has 160 valence electrons. The van der Waals surface area contributed by atoms with Crippen molar-refractivity contribution >= 4 is 17.8 Å². The lowest BCUT2D eigenvalue weighted by atomic mass is 9.95. The number of carbonyl (C=O) groups is 1. The van der Waals surface area contributed by atoms with Crippen molar-refractivity contribution in [2.45, 2.75) is 27.7 Å². The molecule has 8 nitrogen and oxygen atoms in total. The molecule has 0 saturated heterocycles. The summed E-state index contributed by atoms with van der Waals surface area (Å²) in [5, 5.41) is 7.56. The summed E-state index contributed by atoms with van der Waals surface area (Å²) in [5.41, 5.74) is 8.55. The number of nitrogens with two attached hydrogens (primary N) is 1. The van der Waals surface area contributed by atoms with Gasteiger partial charge in [-0.15, -0.1) is 0 Å². The van der Waals surface area contributed by atoms with Gasteiger partial charge in [0, 0.05) is 22.9 Å². The molecule has 0 aliphatic rings. The first-order valence-electron chi connectivity index (χ1n) is 9.53. The average Bonchev–Trinajstić information content (AvgIpc) is 2.72. The van der Waals surface area contributed by atoms with E-state index in [-0.39, 0.29) is 24.4 Å². The van der Waals surface area contributed by atoms with Crippen LogP contribution in [0.4, 0.5) is 0 Å². The molecule has 8 heteroatoms. The van der Waals surface area contributed by atoms with Crippen molar-refractivity contribution < 1.29 is 19.0 Å². The lowest BCUT2D eigenvalue weighted by molar-refractivity contribution is -0.152. The van der Waals surface area contributed by atoms with Gasteiger partial charge in [-0.2, -0.15) is 4.99 Å². The van der Waals surface area contributed by atoms with Gasteiger partial charge in [0.05, 0.1) is 19.1 Å². The maximum Gasteiger partial charge on any atom is 0.314 e. The zero-order valence-electron chi connectivity index (χ0n) is 18.0. The van der Waals surface area contributed by atoms with Gasteiger partial charge in [-0.1, -0.05) is 24.3 Å². The number of nitrogens with one attached hydrogen (secondary N) is 1. The second-order valence-corrected chi connectivity index (χ2v) is 7.26. The van der Waals surface area contributed by atoms with Gasteiger partial charge in [0.15, 0.2) is 0 Å². The predicted octanol–water partition coefficient (Wildman–Crippen LogP) is 3.31. The topological polar surface area (TPSA) is 120 Å². The van der Waals surface area contributed by atoms with Crippen molar-refractivity contribution in [1.29, 1.82) is 5.41 Å². The number of aromatic nitrogens is 1. The minimum atomic E-state index is -0.765. The molecule has 0 spiro atoms. The number of aryl methyl sites for hydroxylation is 1. The molecule has 1 aromatic heterocycles. The second kappa shape index (κ2) is 9.87. The number of aliphatic imine (C=N–C) groups is 1. The molecule has 1 aromatic carbocycles. The Bertz CT molecular complexity index is 937. The van der Waals surface area contributed by atoms with Crippen molar-refractivity contribution in [2.24, 2.45) is 16.1 Å². The molecule has 0 radical (unpaired) electrons. The van der Waals surface area contributed by atoms with E-state index in [4.69, 9.17) is 25.4 Å². The molecule has 2 rings (SSSR count). The fourth-order valence-electron chi connectivity index (χ4n) is 2.68. The number of methoxy groups -OCH3 is 1. The predicted molar refractivity (Wildman–Crippen MR) is 116 cm³/mol. The first-order chi connectivity index (χ1) is 14.2. The van der Waals surface area contributed by atoms with Gasteiger partial charge in [-0.05, 0) is 39.3 Å². The molecule has 0 unspecified atom stereocenters. The lowest BCUT2D eigenvalue weighted by Crippen LogP contribution is -2.32. The highest BCUT2D eigenvalue weighted by molar-refractivity contribution is 6.03. The number of hydrogen-bond acceptors (Lipinski definition) is 6. The maximum atomic E-state index is 11.8. The number of amidine groups is 2. The van der Waals surface area contributed by atoms with Crippen LogP contribution in [0.1, 0.15) is 32.0 Å². The van der Waals surface area contributed by atoms with Gasteiger partial charge in [0.2, 0.25) is 5.88 Å². The minimum Gasteiger partial charge on any atom is -0.476 e. The zero-order chi connectivity index (χ0) is 22.3. The van der Waals surface area contributed by atoms with Crippen LogP contribution in [-0.4, -0.2) is 43.1 Å². The quantitative estimate of drug-likeness (QED) is 0.409. The van der Waals surface area contributed by atoms with E-state index >= 15 is 0 Å². The van der Waals surface area contributed by atoms with E-state index in [0.717, 1.165) is 16.8 Å². The summed E-state index contributed by atoms with van der Waals surface area (Å²) in [6.07, 6.45) is 0. The summed E-state index contributed by atoms with van der Waals surface area (Å²) < 4.78 is 15.5. The Hall–Kier alpha value is -3.42. The Morgan fingerprint density at radius 1 is 1.20 bits per heavy atom. The summed E-state index contributed by atoms with van der Waals surface area (Å²) in [6.45, 7) is 7.71. The highest BCUT2D eigenvalue weighted by atomic mass is 16.5. The number of nitrogens with zero attached hydrogens (tertiary/aromatic N) is 2. The lowest BCUT2D eigenvalue weighted by Gasteiger charge is -2.21. The van der Waals surface area contributed by atoms with Crippen LogP contribution in [0.15, 0.2) is 41.4 Å². The van der Waals surface area contributed by atoms with Gasteiger partial charge < -0.3 is 19.9 Å². The number of benzene rings is 1. The van der Waals surface area contributed by atoms with E-state index in [9.17, 15) is 4.79 Å². The fraction of sp³-hybridized carbons (Fsp3) is 0.364. The Morgan fingerprint density at radius 3 is 2.43 bits per heavy atom. The smallest absolute Gasteiger partial charge is 0.314 e. The summed E-state index contributed by atoms with van der Waals surface area (Å²) in [6, 6.07) is 10.9. The molecule has 0 aliphatic carbocycles. The number of esters is 1. The van der Waals surface area contributed by atoms with Crippen LogP contribution in [0.5, 0.6) is 5.88 Å². The number of carbonyl (C=O) groups excluding carboxylic acids is 1. The molecule has 0 aliphatic heterocycles. The van der Waals surface area contributed by atoms with E-state index in [0.29, 0.717) is 18.1 Å². The van der Waals surface area contributed by atoms with Gasteiger partial charge >= 0.3 is 12.0 Å². The highest BCUT2D eigenvalue weighted by Crippen LogP contribution is 2.26. The summed E-state index contributed by atoms with van der Waals surface area (Å²) in [4.78, 5) is 20.2. The molecule has 0 saturated carbocycles. The van der Waals surface area contributed by atoms with Gasteiger partial charge in [-0.3, -0.25) is 4.79 Å². The third-order valence-corrected chi connectivity index (χ3v) is 4.37. The molecule has 0 atom stereocenters. The van der Waals surface area contributed by atoms with E-state index in [1.54, 1.807) is 26.8 Å². The van der Waals surface area contributed by atoms with E-state index in [1.807, 2.05) is 37.3 Å². The SMILES string of the molecule is CCOC(=N)N=C(N)c1ccc(-c2ccc(OCC(C)(C)C(=O)OC)nc2C)cc1. The van der Waals surface area contributed by atoms with E-state index < -0.39 is 5.41 Å². The van der Waals surface area contributed by atoms with Crippen LogP contribution in [0.2, 0.25) is 0 Å². The Morgan fingerprint density at radius 2 is 1.87 bits per heavy atom. The van der Waals surface area contributed by atoms with Crippen molar-refractivity contribution in [2.75, 3.05) is 20.3 Å². The number of hydrogen-bond donors (Lipinski definition) is 2. The van der Waals surface area contributed by atoms with Crippen molar-refractivity contribution in [3.8, 4) is 17.0 Å². The molecular weight excluding hydrogens is 384 g/mol. The standard InChI is InChI=1S/C22H28N4O4/c1-6-29-21(24)26-19(23)16-9-7-15(8-10-16)17-11-12-18(25-14(17)2)30-13-22(3,4)20(27)28-5/h7-12H,6,13H2,1-5H3,(H3,23,24,26). The summed E-state index contributed by atoms with van der Waals surface area (Å²) >= 11 is 0. The molecule has 30 heavy (non-hydrogen) atoms. The molecule has 0 amide bonds. The van der Waals surface area contributed by atoms with Crippen molar-refractivity contribution in [3.05, 3.63) is 47.7 Å². The largest absolute Gasteiger partial charge is 0.476 e.